The van der Waals surface area contributed by atoms with Crippen molar-refractivity contribution < 1.29 is 9.90 Å². The van der Waals surface area contributed by atoms with E-state index in [9.17, 15) is 4.79 Å². The van der Waals surface area contributed by atoms with Crippen molar-refractivity contribution in [2.24, 2.45) is 0 Å². The van der Waals surface area contributed by atoms with Crippen molar-refractivity contribution in [3.8, 4) is 0 Å². The summed E-state index contributed by atoms with van der Waals surface area (Å²) in [6.07, 6.45) is 0. The number of aromatic nitrogens is 2. The lowest BCUT2D eigenvalue weighted by Gasteiger charge is -1.99. The number of carboxylic acids is 1. The molecule has 0 bridgehead atoms. The molecule has 1 aromatic carbocycles. The third kappa shape index (κ3) is 1.80. The maximum atomic E-state index is 10.8. The van der Waals surface area contributed by atoms with Crippen LogP contribution in [0.2, 0.25) is 5.02 Å². The normalized spacial score (nSPS) is 12.9. The fourth-order valence-corrected chi connectivity index (χ4v) is 1.50. The second-order valence-corrected chi connectivity index (χ2v) is 3.78. The number of nitrogens with one attached hydrogen (secondary N) is 1. The van der Waals surface area contributed by atoms with Gasteiger partial charge in [-0.15, -0.1) is 0 Å². The number of hydrogen-bond acceptors (Lipinski definition) is 2. The lowest BCUT2D eigenvalue weighted by atomic mass is 10.2. The molecular formula is C10H9ClN2O2. The van der Waals surface area contributed by atoms with E-state index in [-0.39, 0.29) is 0 Å². The maximum absolute atomic E-state index is 10.8. The molecule has 0 fully saturated rings. The first-order valence-electron chi connectivity index (χ1n) is 4.46. The number of carboxylic acid groups (broad SMARTS) is 1. The van der Waals surface area contributed by atoms with Gasteiger partial charge < -0.3 is 10.1 Å². The molecule has 1 unspecified atom stereocenters. The molecule has 2 N–H and O–H groups in total. The van der Waals surface area contributed by atoms with Gasteiger partial charge in [-0.3, -0.25) is 4.79 Å². The van der Waals surface area contributed by atoms with Crippen LogP contribution in [0.1, 0.15) is 18.7 Å². The zero-order chi connectivity index (χ0) is 11.0. The van der Waals surface area contributed by atoms with Gasteiger partial charge in [-0.25, -0.2) is 4.98 Å². The van der Waals surface area contributed by atoms with Gasteiger partial charge in [0.15, 0.2) is 0 Å². The molecule has 1 atom stereocenters. The van der Waals surface area contributed by atoms with Crippen LogP contribution in [0.4, 0.5) is 0 Å². The Morgan fingerprint density at radius 1 is 1.60 bits per heavy atom. The SMILES string of the molecule is CC(C(=O)O)c1nc2ccc(Cl)cc2[nH]1. The quantitative estimate of drug-likeness (QED) is 0.823. The molecular weight excluding hydrogens is 216 g/mol. The van der Waals surface area contributed by atoms with E-state index < -0.39 is 11.9 Å². The minimum atomic E-state index is -0.903. The van der Waals surface area contributed by atoms with E-state index in [0.717, 1.165) is 11.0 Å². The summed E-state index contributed by atoms with van der Waals surface area (Å²) in [6, 6.07) is 5.20. The molecule has 1 aromatic heterocycles. The number of aliphatic carboxylic acids is 1. The van der Waals surface area contributed by atoms with Crippen molar-refractivity contribution in [2.75, 3.05) is 0 Å². The molecule has 2 aromatic rings. The number of imidazole rings is 1. The van der Waals surface area contributed by atoms with Crippen molar-refractivity contribution in [3.63, 3.8) is 0 Å². The molecule has 0 amide bonds. The number of H-pyrrole nitrogens is 1. The summed E-state index contributed by atoms with van der Waals surface area (Å²) in [6.45, 7) is 1.58. The lowest BCUT2D eigenvalue weighted by Crippen LogP contribution is -2.08. The van der Waals surface area contributed by atoms with Crippen molar-refractivity contribution in [1.29, 1.82) is 0 Å². The Labute approximate surface area is 90.9 Å². The zero-order valence-corrected chi connectivity index (χ0v) is 8.75. The third-order valence-electron chi connectivity index (χ3n) is 2.24. The number of hydrogen-bond donors (Lipinski definition) is 2. The fourth-order valence-electron chi connectivity index (χ4n) is 1.32. The highest BCUT2D eigenvalue weighted by Crippen LogP contribution is 2.20. The van der Waals surface area contributed by atoms with Crippen LogP contribution in [0.25, 0.3) is 11.0 Å². The van der Waals surface area contributed by atoms with Gasteiger partial charge >= 0.3 is 5.97 Å². The molecule has 0 spiro atoms. The van der Waals surface area contributed by atoms with E-state index in [2.05, 4.69) is 9.97 Å². The van der Waals surface area contributed by atoms with E-state index in [1.54, 1.807) is 25.1 Å². The Balaban J connectivity index is 2.51. The number of aromatic amines is 1. The summed E-state index contributed by atoms with van der Waals surface area (Å²) < 4.78 is 0. The minimum absolute atomic E-state index is 0.444. The first-order chi connectivity index (χ1) is 7.08. The molecule has 0 aliphatic heterocycles. The maximum Gasteiger partial charge on any atom is 0.313 e. The number of nitrogens with zero attached hydrogens (tertiary/aromatic N) is 1. The highest BCUT2D eigenvalue weighted by molar-refractivity contribution is 6.31. The van der Waals surface area contributed by atoms with Gasteiger partial charge in [0, 0.05) is 5.02 Å². The van der Waals surface area contributed by atoms with E-state index >= 15 is 0 Å². The van der Waals surface area contributed by atoms with Crippen LogP contribution in [0, 0.1) is 0 Å². The highest BCUT2D eigenvalue weighted by Gasteiger charge is 2.17. The number of carbonyl (C=O) groups is 1. The molecule has 15 heavy (non-hydrogen) atoms. The van der Waals surface area contributed by atoms with Crippen LogP contribution < -0.4 is 0 Å². The summed E-state index contributed by atoms with van der Waals surface area (Å²) in [5, 5.41) is 9.43. The highest BCUT2D eigenvalue weighted by atomic mass is 35.5. The zero-order valence-electron chi connectivity index (χ0n) is 7.99. The molecule has 0 saturated heterocycles. The summed E-state index contributed by atoms with van der Waals surface area (Å²) in [5.74, 6) is -1.10. The number of benzene rings is 1. The molecule has 0 aliphatic rings. The van der Waals surface area contributed by atoms with E-state index in [0.29, 0.717) is 10.8 Å². The second-order valence-electron chi connectivity index (χ2n) is 3.34. The first-order valence-corrected chi connectivity index (χ1v) is 4.83. The van der Waals surface area contributed by atoms with Crippen LogP contribution in [0.15, 0.2) is 18.2 Å². The van der Waals surface area contributed by atoms with Crippen LogP contribution in [-0.2, 0) is 4.79 Å². The van der Waals surface area contributed by atoms with Gasteiger partial charge in [-0.1, -0.05) is 11.6 Å². The minimum Gasteiger partial charge on any atom is -0.481 e. The molecule has 4 nitrogen and oxygen atoms in total. The van der Waals surface area contributed by atoms with E-state index in [4.69, 9.17) is 16.7 Å². The van der Waals surface area contributed by atoms with Gasteiger partial charge in [0.25, 0.3) is 0 Å². The number of halogens is 1. The topological polar surface area (TPSA) is 66.0 Å². The largest absolute Gasteiger partial charge is 0.481 e. The van der Waals surface area contributed by atoms with Crippen molar-refractivity contribution in [3.05, 3.63) is 29.0 Å². The summed E-state index contributed by atoms with van der Waals surface area (Å²) in [7, 11) is 0. The summed E-state index contributed by atoms with van der Waals surface area (Å²) in [5.41, 5.74) is 1.48. The molecule has 0 saturated carbocycles. The average molecular weight is 225 g/mol. The van der Waals surface area contributed by atoms with Crippen LogP contribution in [-0.4, -0.2) is 21.0 Å². The van der Waals surface area contributed by atoms with Crippen LogP contribution >= 0.6 is 11.6 Å². The smallest absolute Gasteiger partial charge is 0.313 e. The number of fused-ring (bicyclic) bond motifs is 1. The van der Waals surface area contributed by atoms with Crippen LogP contribution in [0.5, 0.6) is 0 Å². The fraction of sp³-hybridized carbons (Fsp3) is 0.200. The van der Waals surface area contributed by atoms with Gasteiger partial charge in [0.2, 0.25) is 0 Å². The van der Waals surface area contributed by atoms with Crippen molar-refractivity contribution in [1.82, 2.24) is 9.97 Å². The standard InChI is InChI=1S/C10H9ClN2O2/c1-5(10(14)15)9-12-7-3-2-6(11)4-8(7)13-9/h2-5H,1H3,(H,12,13)(H,14,15). The summed E-state index contributed by atoms with van der Waals surface area (Å²) >= 11 is 5.81. The Hall–Kier alpha value is -1.55. The molecule has 5 heteroatoms. The molecule has 1 heterocycles. The third-order valence-corrected chi connectivity index (χ3v) is 2.48. The Kier molecular flexibility index (Phi) is 2.36. The van der Waals surface area contributed by atoms with Crippen molar-refractivity contribution in [2.45, 2.75) is 12.8 Å². The predicted octanol–water partition coefficient (Wildman–Crippen LogP) is 2.40. The Morgan fingerprint density at radius 2 is 2.33 bits per heavy atom. The average Bonchev–Trinajstić information content (AvgIpc) is 2.58. The number of rotatable bonds is 2. The second kappa shape index (κ2) is 3.55. The predicted molar refractivity (Wildman–Crippen MR) is 57.2 cm³/mol. The molecule has 2 rings (SSSR count). The Bertz CT molecular complexity index is 521. The lowest BCUT2D eigenvalue weighted by molar-refractivity contribution is -0.138. The molecule has 0 aliphatic carbocycles. The first kappa shape index (κ1) is 9.98. The van der Waals surface area contributed by atoms with Gasteiger partial charge in [0.05, 0.1) is 11.0 Å². The molecule has 78 valence electrons. The van der Waals surface area contributed by atoms with E-state index in [1.807, 2.05) is 0 Å². The van der Waals surface area contributed by atoms with Gasteiger partial charge in [0.1, 0.15) is 11.7 Å². The monoisotopic (exact) mass is 224 g/mol. The Morgan fingerprint density at radius 3 is 3.00 bits per heavy atom. The van der Waals surface area contributed by atoms with Gasteiger partial charge in [-0.05, 0) is 25.1 Å². The van der Waals surface area contributed by atoms with Crippen molar-refractivity contribution >= 4 is 28.6 Å². The summed E-state index contributed by atoms with van der Waals surface area (Å²) in [4.78, 5) is 17.9. The molecule has 0 radical (unpaired) electrons. The van der Waals surface area contributed by atoms with E-state index in [1.165, 1.54) is 0 Å². The van der Waals surface area contributed by atoms with Crippen LogP contribution in [0.3, 0.4) is 0 Å². The van der Waals surface area contributed by atoms with Gasteiger partial charge in [-0.2, -0.15) is 0 Å².